The second-order valence-corrected chi connectivity index (χ2v) is 5.51. The molecule has 0 saturated carbocycles. The summed E-state index contributed by atoms with van der Waals surface area (Å²) in [7, 11) is 0. The molecule has 1 unspecified atom stereocenters. The lowest BCUT2D eigenvalue weighted by Gasteiger charge is -2.42. The number of aromatic nitrogens is 1. The van der Waals surface area contributed by atoms with Crippen LogP contribution in [0.4, 0.5) is 5.82 Å². The molecule has 1 aliphatic rings. The summed E-state index contributed by atoms with van der Waals surface area (Å²) in [6.07, 6.45) is 1.90. The molecule has 0 spiro atoms. The predicted octanol–water partition coefficient (Wildman–Crippen LogP) is 2.27. The number of ether oxygens (including phenoxy) is 1. The van der Waals surface area contributed by atoms with Crippen molar-refractivity contribution in [2.24, 2.45) is 0 Å². The van der Waals surface area contributed by atoms with E-state index in [1.54, 1.807) is 6.20 Å². The quantitative estimate of drug-likeness (QED) is 0.761. The van der Waals surface area contributed by atoms with E-state index in [9.17, 15) is 5.26 Å². The molecule has 1 aromatic heterocycles. The van der Waals surface area contributed by atoms with E-state index < -0.39 is 0 Å². The van der Waals surface area contributed by atoms with Crippen molar-refractivity contribution in [2.75, 3.05) is 18.0 Å². The second-order valence-electron chi connectivity index (χ2n) is 5.51. The van der Waals surface area contributed by atoms with Gasteiger partial charge in [0.2, 0.25) is 0 Å². The smallest absolute Gasteiger partial charge is 0.146 e. The Labute approximate surface area is 108 Å². The van der Waals surface area contributed by atoms with Crippen molar-refractivity contribution >= 4 is 5.82 Å². The third-order valence-electron chi connectivity index (χ3n) is 3.12. The van der Waals surface area contributed by atoms with Gasteiger partial charge in [0.25, 0.3) is 0 Å². The summed E-state index contributed by atoms with van der Waals surface area (Å²) in [5, 5.41) is 9.28. The van der Waals surface area contributed by atoms with Crippen molar-refractivity contribution in [3.8, 4) is 6.07 Å². The fraction of sp³-hybridized carbons (Fsp3) is 0.571. The van der Waals surface area contributed by atoms with Crippen molar-refractivity contribution < 1.29 is 4.74 Å². The maximum atomic E-state index is 9.28. The minimum Gasteiger partial charge on any atom is -0.369 e. The fourth-order valence-corrected chi connectivity index (χ4v) is 2.54. The Morgan fingerprint density at radius 1 is 1.56 bits per heavy atom. The molecule has 0 aromatic carbocycles. The van der Waals surface area contributed by atoms with Crippen LogP contribution in [0.5, 0.6) is 0 Å². The Morgan fingerprint density at radius 3 is 2.89 bits per heavy atom. The lowest BCUT2D eigenvalue weighted by atomic mass is 10.0. The van der Waals surface area contributed by atoms with Crippen molar-refractivity contribution in [3.63, 3.8) is 0 Å². The maximum Gasteiger partial charge on any atom is 0.146 e. The number of anilines is 1. The molecule has 1 atom stereocenters. The molecule has 1 aliphatic heterocycles. The van der Waals surface area contributed by atoms with E-state index in [4.69, 9.17) is 4.74 Å². The molecule has 1 aromatic rings. The first-order chi connectivity index (χ1) is 8.43. The molecule has 18 heavy (non-hydrogen) atoms. The molecule has 0 amide bonds. The van der Waals surface area contributed by atoms with Gasteiger partial charge in [0.15, 0.2) is 0 Å². The highest BCUT2D eigenvalue weighted by atomic mass is 16.5. The van der Waals surface area contributed by atoms with E-state index >= 15 is 0 Å². The Morgan fingerprint density at radius 2 is 2.28 bits per heavy atom. The van der Waals surface area contributed by atoms with E-state index in [-0.39, 0.29) is 11.7 Å². The minimum atomic E-state index is -0.212. The lowest BCUT2D eigenvalue weighted by Crippen LogP contribution is -2.52. The average molecular weight is 245 g/mol. The molecule has 1 fully saturated rings. The zero-order valence-corrected chi connectivity index (χ0v) is 11.4. The normalized spacial score (nSPS) is 22.6. The number of hydrogen-bond donors (Lipinski definition) is 0. The van der Waals surface area contributed by atoms with Gasteiger partial charge in [-0.3, -0.25) is 0 Å². The van der Waals surface area contributed by atoms with E-state index in [1.165, 1.54) is 0 Å². The van der Waals surface area contributed by atoms with Crippen LogP contribution in [0.2, 0.25) is 0 Å². The first-order valence-electron chi connectivity index (χ1n) is 6.21. The maximum absolute atomic E-state index is 9.28. The van der Waals surface area contributed by atoms with Gasteiger partial charge in [-0.15, -0.1) is 0 Å². The standard InChI is InChI=1S/C14H19N3O/c1-10-5-6-16-13(12(10)7-15)17-8-11(2)18-14(3,4)9-17/h5-6,11H,8-9H2,1-4H3. The molecule has 2 rings (SSSR count). The Bertz CT molecular complexity index is 490. The van der Waals surface area contributed by atoms with Crippen LogP contribution in [0.1, 0.15) is 31.9 Å². The zero-order chi connectivity index (χ0) is 13.3. The molecule has 2 heterocycles. The molecule has 4 heteroatoms. The highest BCUT2D eigenvalue weighted by Crippen LogP contribution is 2.27. The summed E-state index contributed by atoms with van der Waals surface area (Å²) < 4.78 is 5.88. The van der Waals surface area contributed by atoms with Crippen LogP contribution in [0, 0.1) is 18.3 Å². The minimum absolute atomic E-state index is 0.141. The van der Waals surface area contributed by atoms with Gasteiger partial charge in [-0.1, -0.05) is 0 Å². The second kappa shape index (κ2) is 4.58. The van der Waals surface area contributed by atoms with E-state index in [0.29, 0.717) is 5.56 Å². The van der Waals surface area contributed by atoms with E-state index in [0.717, 1.165) is 24.5 Å². The zero-order valence-electron chi connectivity index (χ0n) is 11.4. The van der Waals surface area contributed by atoms with Gasteiger partial charge in [-0.05, 0) is 39.3 Å². The number of nitrogens with zero attached hydrogens (tertiary/aromatic N) is 3. The number of rotatable bonds is 1. The van der Waals surface area contributed by atoms with Crippen LogP contribution in [-0.4, -0.2) is 29.8 Å². The van der Waals surface area contributed by atoms with E-state index in [1.807, 2.05) is 13.0 Å². The Balaban J connectivity index is 2.38. The molecular weight excluding hydrogens is 226 g/mol. The Hall–Kier alpha value is -1.60. The summed E-state index contributed by atoms with van der Waals surface area (Å²) in [5.41, 5.74) is 1.43. The average Bonchev–Trinajstić information content (AvgIpc) is 2.25. The number of morpholine rings is 1. The lowest BCUT2D eigenvalue weighted by molar-refractivity contribution is -0.0751. The highest BCUT2D eigenvalue weighted by Gasteiger charge is 2.33. The van der Waals surface area contributed by atoms with Crippen LogP contribution in [0.25, 0.3) is 0 Å². The van der Waals surface area contributed by atoms with Crippen molar-refractivity contribution in [2.45, 2.75) is 39.4 Å². The molecule has 0 radical (unpaired) electrons. The third kappa shape index (κ3) is 2.46. The molecule has 0 N–H and O–H groups in total. The van der Waals surface area contributed by atoms with Crippen molar-refractivity contribution in [1.29, 1.82) is 5.26 Å². The number of aryl methyl sites for hydroxylation is 1. The van der Waals surface area contributed by atoms with Crippen LogP contribution in [0.3, 0.4) is 0 Å². The van der Waals surface area contributed by atoms with Gasteiger partial charge in [-0.2, -0.15) is 5.26 Å². The first-order valence-corrected chi connectivity index (χ1v) is 6.21. The fourth-order valence-electron chi connectivity index (χ4n) is 2.54. The SMILES string of the molecule is Cc1ccnc(N2CC(C)OC(C)(C)C2)c1C#N. The van der Waals surface area contributed by atoms with Crippen LogP contribution in [0.15, 0.2) is 12.3 Å². The van der Waals surface area contributed by atoms with Gasteiger partial charge < -0.3 is 9.64 Å². The largest absolute Gasteiger partial charge is 0.369 e. The van der Waals surface area contributed by atoms with Crippen molar-refractivity contribution in [3.05, 3.63) is 23.4 Å². The van der Waals surface area contributed by atoms with Gasteiger partial charge in [0.05, 0.1) is 17.3 Å². The van der Waals surface area contributed by atoms with Gasteiger partial charge >= 0.3 is 0 Å². The molecule has 0 aliphatic carbocycles. The molecule has 4 nitrogen and oxygen atoms in total. The summed E-state index contributed by atoms with van der Waals surface area (Å²) in [5.74, 6) is 0.778. The monoisotopic (exact) mass is 245 g/mol. The Kier molecular flexibility index (Phi) is 3.27. The highest BCUT2D eigenvalue weighted by molar-refractivity contribution is 5.57. The van der Waals surface area contributed by atoms with Gasteiger partial charge in [0, 0.05) is 19.3 Å². The summed E-state index contributed by atoms with van der Waals surface area (Å²) in [6, 6.07) is 4.13. The molecule has 96 valence electrons. The summed E-state index contributed by atoms with van der Waals surface area (Å²) in [4.78, 5) is 6.53. The topological polar surface area (TPSA) is 49.2 Å². The number of nitriles is 1. The van der Waals surface area contributed by atoms with Crippen molar-refractivity contribution in [1.82, 2.24) is 4.98 Å². The molecular formula is C14H19N3O. The number of pyridine rings is 1. The van der Waals surface area contributed by atoms with E-state index in [2.05, 4.69) is 36.7 Å². The summed E-state index contributed by atoms with van der Waals surface area (Å²) >= 11 is 0. The molecule has 1 saturated heterocycles. The van der Waals surface area contributed by atoms with Crippen LogP contribution in [-0.2, 0) is 4.74 Å². The van der Waals surface area contributed by atoms with Gasteiger partial charge in [0.1, 0.15) is 11.9 Å². The van der Waals surface area contributed by atoms with Crippen LogP contribution < -0.4 is 4.90 Å². The predicted molar refractivity (Wildman–Crippen MR) is 70.5 cm³/mol. The third-order valence-corrected chi connectivity index (χ3v) is 3.12. The van der Waals surface area contributed by atoms with Gasteiger partial charge in [-0.25, -0.2) is 4.98 Å². The molecule has 0 bridgehead atoms. The van der Waals surface area contributed by atoms with Crippen LogP contribution >= 0.6 is 0 Å². The first kappa shape index (κ1) is 12.8. The number of hydrogen-bond acceptors (Lipinski definition) is 4. The summed E-state index contributed by atoms with van der Waals surface area (Å²) in [6.45, 7) is 9.65.